The molecule has 184 valence electrons. The van der Waals surface area contributed by atoms with Gasteiger partial charge >= 0.3 is 12.1 Å². The summed E-state index contributed by atoms with van der Waals surface area (Å²) < 4.78 is 10.5. The molecule has 7 heteroatoms. The second-order valence-corrected chi connectivity index (χ2v) is 9.48. The monoisotopic (exact) mass is 460 g/mol. The lowest BCUT2D eigenvalue weighted by atomic mass is 9.98. The van der Waals surface area contributed by atoms with E-state index in [0.29, 0.717) is 18.4 Å². The molecule has 0 bridgehead atoms. The fraction of sp³-hybridized carbons (Fsp3) is 0.577. The van der Waals surface area contributed by atoms with Crippen LogP contribution in [0.4, 0.5) is 4.79 Å². The first kappa shape index (κ1) is 28.2. The van der Waals surface area contributed by atoms with Gasteiger partial charge in [-0.1, -0.05) is 50.3 Å². The van der Waals surface area contributed by atoms with E-state index in [4.69, 9.17) is 9.47 Å². The van der Waals surface area contributed by atoms with Gasteiger partial charge in [0.2, 0.25) is 5.91 Å². The van der Waals surface area contributed by atoms with Gasteiger partial charge in [0.05, 0.1) is 12.6 Å². The van der Waals surface area contributed by atoms with E-state index >= 15 is 0 Å². The van der Waals surface area contributed by atoms with E-state index in [2.05, 4.69) is 5.32 Å². The molecule has 0 unspecified atom stereocenters. The molecule has 0 radical (unpaired) electrons. The number of benzene rings is 1. The van der Waals surface area contributed by atoms with Crippen molar-refractivity contribution in [2.24, 2.45) is 5.92 Å². The molecule has 0 aromatic heterocycles. The summed E-state index contributed by atoms with van der Waals surface area (Å²) in [6, 6.07) is 8.67. The molecule has 0 aliphatic heterocycles. The molecule has 33 heavy (non-hydrogen) atoms. The number of nitrogens with zero attached hydrogens (tertiary/aromatic N) is 1. The Bertz CT molecular complexity index is 812. The van der Waals surface area contributed by atoms with E-state index in [-0.39, 0.29) is 24.5 Å². The number of esters is 1. The first-order chi connectivity index (χ1) is 15.4. The molecule has 0 fully saturated rings. The van der Waals surface area contributed by atoms with Crippen LogP contribution in [-0.4, -0.2) is 54.2 Å². The molecule has 2 atom stereocenters. The SMILES string of the molecule is CCOC(=O)/C(C)=C/[C@H](C(C)C)N(C)C(=O)[C@H](CCc1ccccc1)NC(=O)OC(C)(C)C. The highest BCUT2D eigenvalue weighted by molar-refractivity contribution is 5.89. The van der Waals surface area contributed by atoms with Crippen LogP contribution >= 0.6 is 0 Å². The minimum absolute atomic E-state index is 0.0413. The number of alkyl carbamates (subject to hydrolysis) is 1. The third-order valence-electron chi connectivity index (χ3n) is 5.05. The van der Waals surface area contributed by atoms with Gasteiger partial charge in [0.1, 0.15) is 11.6 Å². The third-order valence-corrected chi connectivity index (χ3v) is 5.05. The van der Waals surface area contributed by atoms with Crippen LogP contribution in [0.15, 0.2) is 42.0 Å². The molecule has 1 aromatic carbocycles. The molecule has 0 saturated carbocycles. The third kappa shape index (κ3) is 10.1. The average molecular weight is 461 g/mol. The maximum absolute atomic E-state index is 13.5. The van der Waals surface area contributed by atoms with Crippen LogP contribution in [-0.2, 0) is 25.5 Å². The average Bonchev–Trinajstić information content (AvgIpc) is 2.73. The van der Waals surface area contributed by atoms with Crippen LogP contribution in [0.5, 0.6) is 0 Å². The number of ether oxygens (including phenoxy) is 2. The van der Waals surface area contributed by atoms with Gasteiger partial charge in [-0.25, -0.2) is 9.59 Å². The topological polar surface area (TPSA) is 84.9 Å². The number of aryl methyl sites for hydroxylation is 1. The zero-order valence-corrected chi connectivity index (χ0v) is 21.3. The lowest BCUT2D eigenvalue weighted by Gasteiger charge is -2.33. The molecule has 7 nitrogen and oxygen atoms in total. The summed E-state index contributed by atoms with van der Waals surface area (Å²) in [6.45, 7) is 13.0. The Morgan fingerprint density at radius 3 is 2.24 bits per heavy atom. The fourth-order valence-electron chi connectivity index (χ4n) is 3.38. The fourth-order valence-corrected chi connectivity index (χ4v) is 3.38. The Kier molecular flexibility index (Phi) is 11.1. The summed E-state index contributed by atoms with van der Waals surface area (Å²) in [5.74, 6) is -0.612. The zero-order chi connectivity index (χ0) is 25.2. The highest BCUT2D eigenvalue weighted by Gasteiger charge is 2.30. The van der Waals surface area contributed by atoms with Crippen LogP contribution in [0, 0.1) is 5.92 Å². The van der Waals surface area contributed by atoms with Crippen molar-refractivity contribution < 1.29 is 23.9 Å². The van der Waals surface area contributed by atoms with Crippen LogP contribution in [0.2, 0.25) is 0 Å². The lowest BCUT2D eigenvalue weighted by molar-refractivity contribution is -0.139. The van der Waals surface area contributed by atoms with Gasteiger partial charge in [-0.05, 0) is 58.9 Å². The Morgan fingerprint density at radius 1 is 1.12 bits per heavy atom. The summed E-state index contributed by atoms with van der Waals surface area (Å²) in [5, 5.41) is 2.75. The summed E-state index contributed by atoms with van der Waals surface area (Å²) in [4.78, 5) is 39.7. The summed E-state index contributed by atoms with van der Waals surface area (Å²) >= 11 is 0. The van der Waals surface area contributed by atoms with Crippen LogP contribution in [0.3, 0.4) is 0 Å². The number of amides is 2. The van der Waals surface area contributed by atoms with Crippen molar-refractivity contribution in [3.63, 3.8) is 0 Å². The normalized spacial score (nSPS) is 13.8. The van der Waals surface area contributed by atoms with Crippen molar-refractivity contribution in [1.29, 1.82) is 0 Å². The molecule has 2 amide bonds. The zero-order valence-electron chi connectivity index (χ0n) is 21.3. The summed E-state index contributed by atoms with van der Waals surface area (Å²) in [7, 11) is 1.69. The van der Waals surface area contributed by atoms with E-state index in [0.717, 1.165) is 5.56 Å². The van der Waals surface area contributed by atoms with Crippen LogP contribution in [0.25, 0.3) is 0 Å². The summed E-state index contributed by atoms with van der Waals surface area (Å²) in [6.07, 6.45) is 2.15. The quantitative estimate of drug-likeness (QED) is 0.410. The van der Waals surface area contributed by atoms with E-state index < -0.39 is 23.7 Å². The predicted molar refractivity (Wildman–Crippen MR) is 130 cm³/mol. The molecule has 1 N–H and O–H groups in total. The van der Waals surface area contributed by atoms with Crippen molar-refractivity contribution in [2.75, 3.05) is 13.7 Å². The molecule has 1 aromatic rings. The Labute approximate surface area is 198 Å². The molecule has 0 heterocycles. The van der Waals surface area contributed by atoms with Crippen LogP contribution in [0.1, 0.15) is 60.5 Å². The Morgan fingerprint density at radius 2 is 1.73 bits per heavy atom. The van der Waals surface area contributed by atoms with E-state index in [9.17, 15) is 14.4 Å². The minimum atomic E-state index is -0.775. The number of likely N-dealkylation sites (N-methyl/N-ethyl adjacent to an activating group) is 1. The highest BCUT2D eigenvalue weighted by atomic mass is 16.6. The van der Waals surface area contributed by atoms with Gasteiger partial charge in [-0.3, -0.25) is 4.79 Å². The Balaban J connectivity index is 3.11. The van der Waals surface area contributed by atoms with Gasteiger partial charge in [-0.2, -0.15) is 0 Å². The van der Waals surface area contributed by atoms with E-state index in [1.807, 2.05) is 44.2 Å². The van der Waals surface area contributed by atoms with Crippen molar-refractivity contribution in [3.05, 3.63) is 47.5 Å². The molecular formula is C26H40N2O5. The van der Waals surface area contributed by atoms with Gasteiger partial charge in [0.15, 0.2) is 0 Å². The predicted octanol–water partition coefficient (Wildman–Crippen LogP) is 4.50. The lowest BCUT2D eigenvalue weighted by Crippen LogP contribution is -2.52. The maximum Gasteiger partial charge on any atom is 0.408 e. The molecule has 0 saturated heterocycles. The molecule has 0 spiro atoms. The molecular weight excluding hydrogens is 420 g/mol. The van der Waals surface area contributed by atoms with Crippen molar-refractivity contribution in [1.82, 2.24) is 10.2 Å². The number of hydrogen-bond acceptors (Lipinski definition) is 5. The van der Waals surface area contributed by atoms with Gasteiger partial charge in [-0.15, -0.1) is 0 Å². The number of carbonyl (C=O) groups excluding carboxylic acids is 3. The second kappa shape index (κ2) is 13.0. The van der Waals surface area contributed by atoms with Gasteiger partial charge in [0, 0.05) is 12.6 Å². The number of rotatable bonds is 10. The number of carbonyl (C=O) groups is 3. The second-order valence-electron chi connectivity index (χ2n) is 9.48. The first-order valence-electron chi connectivity index (χ1n) is 11.5. The van der Waals surface area contributed by atoms with E-state index in [1.54, 1.807) is 52.6 Å². The maximum atomic E-state index is 13.5. The molecule has 1 rings (SSSR count). The smallest absolute Gasteiger partial charge is 0.408 e. The van der Waals surface area contributed by atoms with Gasteiger partial charge < -0.3 is 19.7 Å². The van der Waals surface area contributed by atoms with Crippen molar-refractivity contribution in [3.8, 4) is 0 Å². The molecule has 0 aliphatic rings. The van der Waals surface area contributed by atoms with E-state index in [1.165, 1.54) is 0 Å². The first-order valence-corrected chi connectivity index (χ1v) is 11.5. The van der Waals surface area contributed by atoms with Gasteiger partial charge in [0.25, 0.3) is 0 Å². The summed E-state index contributed by atoms with van der Waals surface area (Å²) in [5.41, 5.74) is 0.835. The number of hydrogen-bond donors (Lipinski definition) is 1. The van der Waals surface area contributed by atoms with Crippen molar-refractivity contribution >= 4 is 18.0 Å². The number of nitrogens with one attached hydrogen (secondary N) is 1. The van der Waals surface area contributed by atoms with Crippen molar-refractivity contribution in [2.45, 2.75) is 79.0 Å². The minimum Gasteiger partial charge on any atom is -0.463 e. The highest BCUT2D eigenvalue weighted by Crippen LogP contribution is 2.17. The van der Waals surface area contributed by atoms with Crippen LogP contribution < -0.4 is 5.32 Å². The largest absolute Gasteiger partial charge is 0.463 e. The molecule has 0 aliphatic carbocycles. The standard InChI is InChI=1S/C26H40N2O5/c1-9-32-24(30)19(4)17-22(18(2)3)28(8)23(29)21(27-25(31)33-26(5,6)7)16-15-20-13-11-10-12-14-20/h10-14,17-18,21-22H,9,15-16H2,1-8H3,(H,27,31)/b19-17+/t21-,22+/m0/s1. The Hall–Kier alpha value is -2.83.